The molecule has 3 heteroatoms. The van der Waals surface area contributed by atoms with E-state index in [1.807, 2.05) is 0 Å². The summed E-state index contributed by atoms with van der Waals surface area (Å²) in [7, 11) is 1.75. The lowest BCUT2D eigenvalue weighted by atomic mass is 10.0. The number of hydrogen-bond acceptors (Lipinski definition) is 2. The molecule has 1 N–H and O–H groups in total. The standard InChI is InChI=1S/C22H30N2O/c1-16-6-7-17(2)21(14-16)24-12-10-23(11-13-24)15-20-8-9-22(25-5)19(4)18(20)3/h6-9,14H,10-13,15H2,1-5H3/p+1. The summed E-state index contributed by atoms with van der Waals surface area (Å²) in [6.45, 7) is 14.5. The molecule has 0 aromatic heterocycles. The molecule has 1 aliphatic rings. The van der Waals surface area contributed by atoms with Crippen LogP contribution in [-0.2, 0) is 6.54 Å². The van der Waals surface area contributed by atoms with Gasteiger partial charge in [-0.1, -0.05) is 12.1 Å². The molecule has 0 saturated carbocycles. The van der Waals surface area contributed by atoms with Crippen molar-refractivity contribution >= 4 is 5.69 Å². The number of ether oxygens (including phenoxy) is 1. The molecule has 3 nitrogen and oxygen atoms in total. The topological polar surface area (TPSA) is 16.9 Å². The number of benzene rings is 2. The first-order valence-corrected chi connectivity index (χ1v) is 9.28. The maximum Gasteiger partial charge on any atom is 0.122 e. The monoisotopic (exact) mass is 339 g/mol. The van der Waals surface area contributed by atoms with E-state index in [-0.39, 0.29) is 0 Å². The van der Waals surface area contributed by atoms with E-state index in [1.54, 1.807) is 12.0 Å². The lowest BCUT2D eigenvalue weighted by Crippen LogP contribution is -3.13. The van der Waals surface area contributed by atoms with Crippen LogP contribution in [0.25, 0.3) is 0 Å². The van der Waals surface area contributed by atoms with Crippen molar-refractivity contribution in [2.45, 2.75) is 34.2 Å². The average Bonchev–Trinajstić information content (AvgIpc) is 2.62. The third-order valence-electron chi connectivity index (χ3n) is 5.69. The number of quaternary nitrogens is 1. The van der Waals surface area contributed by atoms with E-state index < -0.39 is 0 Å². The number of nitrogens with zero attached hydrogens (tertiary/aromatic N) is 1. The highest BCUT2D eigenvalue weighted by atomic mass is 16.5. The van der Waals surface area contributed by atoms with Gasteiger partial charge in [0.25, 0.3) is 0 Å². The molecule has 2 aromatic carbocycles. The van der Waals surface area contributed by atoms with Crippen LogP contribution in [0.3, 0.4) is 0 Å². The first-order valence-electron chi connectivity index (χ1n) is 9.28. The van der Waals surface area contributed by atoms with Gasteiger partial charge in [-0.15, -0.1) is 0 Å². The molecule has 134 valence electrons. The number of nitrogens with one attached hydrogen (secondary N) is 1. The SMILES string of the molecule is COc1ccc(C[NH+]2CCN(c3cc(C)ccc3C)CC2)c(C)c1C. The molecule has 0 unspecified atom stereocenters. The third kappa shape index (κ3) is 3.82. The van der Waals surface area contributed by atoms with Crippen LogP contribution < -0.4 is 14.5 Å². The second-order valence-electron chi connectivity index (χ2n) is 7.38. The Bertz CT molecular complexity index is 746. The molecule has 25 heavy (non-hydrogen) atoms. The number of rotatable bonds is 4. The Morgan fingerprint density at radius 3 is 2.36 bits per heavy atom. The van der Waals surface area contributed by atoms with Crippen LogP contribution in [0.1, 0.15) is 27.8 Å². The molecule has 1 heterocycles. The van der Waals surface area contributed by atoms with Crippen molar-refractivity contribution in [1.29, 1.82) is 0 Å². The van der Waals surface area contributed by atoms with Gasteiger partial charge < -0.3 is 14.5 Å². The number of aryl methyl sites for hydroxylation is 2. The molecule has 0 radical (unpaired) electrons. The van der Waals surface area contributed by atoms with Crippen LogP contribution in [0.2, 0.25) is 0 Å². The van der Waals surface area contributed by atoms with Crippen molar-refractivity contribution in [3.8, 4) is 5.75 Å². The summed E-state index contributed by atoms with van der Waals surface area (Å²) >= 11 is 0. The molecule has 1 fully saturated rings. The maximum absolute atomic E-state index is 5.44. The van der Waals surface area contributed by atoms with Crippen molar-refractivity contribution in [2.75, 3.05) is 38.2 Å². The fourth-order valence-electron chi connectivity index (χ4n) is 3.83. The minimum absolute atomic E-state index is 0.996. The Morgan fingerprint density at radius 2 is 1.68 bits per heavy atom. The van der Waals surface area contributed by atoms with Crippen molar-refractivity contribution < 1.29 is 9.64 Å². The van der Waals surface area contributed by atoms with Gasteiger partial charge in [-0.05, 0) is 68.1 Å². The highest BCUT2D eigenvalue weighted by Gasteiger charge is 2.22. The number of piperazine rings is 1. The van der Waals surface area contributed by atoms with Crippen molar-refractivity contribution in [1.82, 2.24) is 0 Å². The van der Waals surface area contributed by atoms with E-state index in [4.69, 9.17) is 4.74 Å². The summed E-state index contributed by atoms with van der Waals surface area (Å²) in [4.78, 5) is 4.23. The van der Waals surface area contributed by atoms with Gasteiger partial charge in [0.05, 0.1) is 33.3 Å². The van der Waals surface area contributed by atoms with Gasteiger partial charge in [0, 0.05) is 11.3 Å². The Kier molecular flexibility index (Phi) is 5.33. The van der Waals surface area contributed by atoms with Crippen LogP contribution >= 0.6 is 0 Å². The second kappa shape index (κ2) is 7.49. The van der Waals surface area contributed by atoms with E-state index in [0.29, 0.717) is 0 Å². The summed E-state index contributed by atoms with van der Waals surface area (Å²) in [5.41, 5.74) is 8.25. The largest absolute Gasteiger partial charge is 0.496 e. The zero-order valence-corrected chi connectivity index (χ0v) is 16.3. The Morgan fingerprint density at radius 1 is 0.960 bits per heavy atom. The molecule has 2 aromatic rings. The minimum Gasteiger partial charge on any atom is -0.496 e. The predicted molar refractivity (Wildman–Crippen MR) is 105 cm³/mol. The Hall–Kier alpha value is -2.00. The number of methoxy groups -OCH3 is 1. The van der Waals surface area contributed by atoms with E-state index in [0.717, 1.165) is 25.4 Å². The lowest BCUT2D eigenvalue weighted by molar-refractivity contribution is -0.914. The molecule has 1 saturated heterocycles. The van der Waals surface area contributed by atoms with Gasteiger partial charge in [-0.2, -0.15) is 0 Å². The number of anilines is 1. The first kappa shape index (κ1) is 17.8. The van der Waals surface area contributed by atoms with Crippen LogP contribution in [0, 0.1) is 27.7 Å². The Balaban J connectivity index is 1.65. The fraction of sp³-hybridized carbons (Fsp3) is 0.455. The zero-order chi connectivity index (χ0) is 18.0. The van der Waals surface area contributed by atoms with Gasteiger partial charge in [-0.3, -0.25) is 0 Å². The molecule has 0 bridgehead atoms. The fourth-order valence-corrected chi connectivity index (χ4v) is 3.83. The summed E-state index contributed by atoms with van der Waals surface area (Å²) in [6, 6.07) is 11.1. The smallest absolute Gasteiger partial charge is 0.122 e. The van der Waals surface area contributed by atoms with E-state index in [2.05, 4.69) is 62.9 Å². The highest BCUT2D eigenvalue weighted by molar-refractivity contribution is 5.55. The van der Waals surface area contributed by atoms with Crippen molar-refractivity contribution in [3.05, 3.63) is 58.1 Å². The molecular weight excluding hydrogens is 308 g/mol. The molecule has 1 aliphatic heterocycles. The average molecular weight is 340 g/mol. The molecule has 0 aliphatic carbocycles. The highest BCUT2D eigenvalue weighted by Crippen LogP contribution is 2.24. The lowest BCUT2D eigenvalue weighted by Gasteiger charge is -2.35. The third-order valence-corrected chi connectivity index (χ3v) is 5.69. The van der Waals surface area contributed by atoms with Crippen molar-refractivity contribution in [2.24, 2.45) is 0 Å². The molecule has 0 atom stereocenters. The van der Waals surface area contributed by atoms with Crippen molar-refractivity contribution in [3.63, 3.8) is 0 Å². The molecule has 0 spiro atoms. The van der Waals surface area contributed by atoms with E-state index in [1.165, 1.54) is 46.6 Å². The summed E-state index contributed by atoms with van der Waals surface area (Å²) in [6.07, 6.45) is 0. The molecular formula is C22H31N2O+. The zero-order valence-electron chi connectivity index (χ0n) is 16.3. The van der Waals surface area contributed by atoms with Gasteiger partial charge in [0.15, 0.2) is 0 Å². The van der Waals surface area contributed by atoms with E-state index >= 15 is 0 Å². The predicted octanol–water partition coefficient (Wildman–Crippen LogP) is 2.83. The van der Waals surface area contributed by atoms with Crippen LogP contribution in [0.15, 0.2) is 30.3 Å². The number of hydrogen-bond donors (Lipinski definition) is 1. The minimum atomic E-state index is 0.996. The summed E-state index contributed by atoms with van der Waals surface area (Å²) in [5.74, 6) is 0.996. The van der Waals surface area contributed by atoms with Crippen LogP contribution in [-0.4, -0.2) is 33.3 Å². The van der Waals surface area contributed by atoms with Gasteiger partial charge >= 0.3 is 0 Å². The maximum atomic E-state index is 5.44. The van der Waals surface area contributed by atoms with E-state index in [9.17, 15) is 0 Å². The summed E-state index contributed by atoms with van der Waals surface area (Å²) in [5, 5.41) is 0. The van der Waals surface area contributed by atoms with Crippen LogP contribution in [0.4, 0.5) is 5.69 Å². The van der Waals surface area contributed by atoms with Gasteiger partial charge in [-0.25, -0.2) is 0 Å². The molecule has 0 amide bonds. The normalized spacial score (nSPS) is 15.5. The molecule has 3 rings (SSSR count). The van der Waals surface area contributed by atoms with Gasteiger partial charge in [0.1, 0.15) is 12.3 Å². The second-order valence-corrected chi connectivity index (χ2v) is 7.38. The summed E-state index contributed by atoms with van der Waals surface area (Å²) < 4.78 is 5.44. The van der Waals surface area contributed by atoms with Crippen LogP contribution in [0.5, 0.6) is 5.75 Å². The first-order chi connectivity index (χ1) is 12.0. The van der Waals surface area contributed by atoms with Gasteiger partial charge in [0.2, 0.25) is 0 Å². The quantitative estimate of drug-likeness (QED) is 0.922. The Labute approximate surface area is 152 Å².